The van der Waals surface area contributed by atoms with Gasteiger partial charge in [0.05, 0.1) is 23.9 Å². The number of hydrogen-bond acceptors (Lipinski definition) is 5. The first kappa shape index (κ1) is 22.5. The summed E-state index contributed by atoms with van der Waals surface area (Å²) in [4.78, 5) is 18.2. The molecule has 164 valence electrons. The van der Waals surface area contributed by atoms with Crippen molar-refractivity contribution in [3.05, 3.63) is 36.0 Å². The monoisotopic (exact) mass is 443 g/mol. The molecule has 0 radical (unpaired) electrons. The molecule has 0 bridgehead atoms. The maximum absolute atomic E-state index is 13.4. The van der Waals surface area contributed by atoms with Gasteiger partial charge in [0.15, 0.2) is 0 Å². The summed E-state index contributed by atoms with van der Waals surface area (Å²) in [5.74, 6) is 0.00322. The first-order valence-corrected chi connectivity index (χ1v) is 11.5. The normalized spacial score (nSPS) is 20.5. The van der Waals surface area contributed by atoms with E-state index >= 15 is 0 Å². The van der Waals surface area contributed by atoms with Crippen LogP contribution in [0, 0.1) is 11.8 Å². The van der Waals surface area contributed by atoms with Crippen LogP contribution in [-0.2, 0) is 21.0 Å². The lowest BCUT2D eigenvalue weighted by Crippen LogP contribution is -2.41. The average Bonchev–Trinajstić information content (AvgIpc) is 2.63. The van der Waals surface area contributed by atoms with Gasteiger partial charge in [-0.3, -0.25) is 9.78 Å². The largest absolute Gasteiger partial charge is 0.418 e. The molecule has 1 fully saturated rings. The van der Waals surface area contributed by atoms with Gasteiger partial charge in [-0.15, -0.1) is 0 Å². The van der Waals surface area contributed by atoms with Crippen LogP contribution in [0.15, 0.2) is 30.5 Å². The summed E-state index contributed by atoms with van der Waals surface area (Å²) < 4.78 is 64.7. The topological polar surface area (TPSA) is 79.4 Å². The Morgan fingerprint density at radius 2 is 2.00 bits per heavy atom. The standard InChI is InChI=1S/C20H24F3N3O3S/c1-13-8-14(9-15(27)10-25-30(2,28)29)12-26(11-13)18-6-5-17(20(21,22)23)19-16(18)4-3-7-24-19/h3-7,13-14,25H,8-12H2,1-2H3/t13-,14-/m0/s1. The Labute approximate surface area is 173 Å². The third-order valence-electron chi connectivity index (χ3n) is 5.19. The van der Waals surface area contributed by atoms with E-state index in [1.165, 1.54) is 12.3 Å². The van der Waals surface area contributed by atoms with Crippen molar-refractivity contribution in [1.29, 1.82) is 0 Å². The summed E-state index contributed by atoms with van der Waals surface area (Å²) in [6.45, 7) is 2.94. The zero-order valence-electron chi connectivity index (χ0n) is 16.7. The summed E-state index contributed by atoms with van der Waals surface area (Å²) in [7, 11) is -3.45. The van der Waals surface area contributed by atoms with Crippen molar-refractivity contribution in [3.8, 4) is 0 Å². The quantitative estimate of drug-likeness (QED) is 0.742. The van der Waals surface area contributed by atoms with Crippen LogP contribution in [-0.4, -0.2) is 45.1 Å². The van der Waals surface area contributed by atoms with E-state index in [-0.39, 0.29) is 36.1 Å². The lowest BCUT2D eigenvalue weighted by Gasteiger charge is -2.38. The summed E-state index contributed by atoms with van der Waals surface area (Å²) in [6.07, 6.45) is -1.16. The number of nitrogens with one attached hydrogen (secondary N) is 1. The van der Waals surface area contributed by atoms with Gasteiger partial charge in [0.1, 0.15) is 5.78 Å². The lowest BCUT2D eigenvalue weighted by atomic mass is 9.86. The highest BCUT2D eigenvalue weighted by Gasteiger charge is 2.35. The molecule has 3 rings (SSSR count). The predicted molar refractivity (Wildman–Crippen MR) is 109 cm³/mol. The molecule has 1 aliphatic rings. The molecule has 10 heteroatoms. The molecule has 1 aliphatic heterocycles. The number of hydrogen-bond donors (Lipinski definition) is 1. The number of ketones is 1. The third kappa shape index (κ3) is 5.48. The highest BCUT2D eigenvalue weighted by atomic mass is 32.2. The molecule has 2 heterocycles. The van der Waals surface area contributed by atoms with Crippen molar-refractivity contribution in [1.82, 2.24) is 9.71 Å². The number of Topliss-reactive ketones (excluding diaryl/α,β-unsaturated/α-hetero) is 1. The van der Waals surface area contributed by atoms with Gasteiger partial charge in [0.25, 0.3) is 0 Å². The Hall–Kier alpha value is -2.20. The number of carbonyl (C=O) groups is 1. The van der Waals surface area contributed by atoms with Crippen LogP contribution in [0.4, 0.5) is 18.9 Å². The average molecular weight is 443 g/mol. The molecule has 2 aromatic rings. The number of halogens is 3. The van der Waals surface area contributed by atoms with Crippen molar-refractivity contribution in [2.45, 2.75) is 25.9 Å². The number of pyridine rings is 1. The molecule has 30 heavy (non-hydrogen) atoms. The van der Waals surface area contributed by atoms with Crippen molar-refractivity contribution in [2.75, 3.05) is 30.8 Å². The minimum absolute atomic E-state index is 0.0170. The zero-order valence-corrected chi connectivity index (χ0v) is 17.6. The van der Waals surface area contributed by atoms with Crippen molar-refractivity contribution >= 4 is 32.4 Å². The number of benzene rings is 1. The highest BCUT2D eigenvalue weighted by Crippen LogP contribution is 2.39. The number of nitrogens with zero attached hydrogens (tertiary/aromatic N) is 2. The summed E-state index contributed by atoms with van der Waals surface area (Å²) in [6, 6.07) is 5.76. The lowest BCUT2D eigenvalue weighted by molar-refractivity contribution is -0.136. The Bertz CT molecular complexity index is 1040. The second kappa shape index (κ2) is 8.50. The van der Waals surface area contributed by atoms with E-state index in [2.05, 4.69) is 9.71 Å². The number of carbonyl (C=O) groups excluding carboxylic acids is 1. The maximum atomic E-state index is 13.4. The van der Waals surface area contributed by atoms with Crippen LogP contribution in [0.5, 0.6) is 0 Å². The van der Waals surface area contributed by atoms with Gasteiger partial charge in [-0.2, -0.15) is 13.2 Å². The number of piperidine rings is 1. The summed E-state index contributed by atoms with van der Waals surface area (Å²) >= 11 is 0. The second-order valence-corrected chi connectivity index (χ2v) is 9.81. The fourth-order valence-electron chi connectivity index (χ4n) is 4.09. The van der Waals surface area contributed by atoms with Crippen LogP contribution in [0.25, 0.3) is 10.9 Å². The summed E-state index contributed by atoms with van der Waals surface area (Å²) in [5, 5.41) is 0.422. The van der Waals surface area contributed by atoms with Gasteiger partial charge in [-0.25, -0.2) is 13.1 Å². The molecule has 0 saturated carbocycles. The van der Waals surface area contributed by atoms with Crippen molar-refractivity contribution in [3.63, 3.8) is 0 Å². The number of rotatable bonds is 6. The molecule has 1 saturated heterocycles. The van der Waals surface area contributed by atoms with Gasteiger partial charge in [0, 0.05) is 36.8 Å². The Balaban J connectivity index is 1.84. The number of alkyl halides is 3. The van der Waals surface area contributed by atoms with Gasteiger partial charge >= 0.3 is 6.18 Å². The summed E-state index contributed by atoms with van der Waals surface area (Å²) in [5.41, 5.74) is -0.208. The molecule has 0 spiro atoms. The Morgan fingerprint density at radius 3 is 2.67 bits per heavy atom. The van der Waals surface area contributed by atoms with E-state index in [0.29, 0.717) is 24.2 Å². The zero-order chi connectivity index (χ0) is 22.1. The first-order chi connectivity index (χ1) is 13.9. The molecule has 1 N–H and O–H groups in total. The van der Waals surface area contributed by atoms with Crippen LogP contribution in [0.2, 0.25) is 0 Å². The fraction of sp³-hybridized carbons (Fsp3) is 0.500. The van der Waals surface area contributed by atoms with Crippen molar-refractivity contribution in [2.24, 2.45) is 11.8 Å². The van der Waals surface area contributed by atoms with Crippen molar-refractivity contribution < 1.29 is 26.4 Å². The fourth-order valence-corrected chi connectivity index (χ4v) is 4.52. The number of sulfonamides is 1. The minimum Gasteiger partial charge on any atom is -0.370 e. The van der Waals surface area contributed by atoms with E-state index in [4.69, 9.17) is 0 Å². The molecular weight excluding hydrogens is 419 g/mol. The van der Waals surface area contributed by atoms with Gasteiger partial charge in [-0.05, 0) is 42.5 Å². The molecule has 1 aromatic carbocycles. The molecule has 1 aromatic heterocycles. The maximum Gasteiger partial charge on any atom is 0.418 e. The first-order valence-electron chi connectivity index (χ1n) is 9.60. The van der Waals surface area contributed by atoms with Crippen LogP contribution < -0.4 is 9.62 Å². The molecule has 0 aliphatic carbocycles. The molecule has 0 amide bonds. The van der Waals surface area contributed by atoms with Gasteiger partial charge in [0.2, 0.25) is 10.0 Å². The molecule has 0 unspecified atom stereocenters. The van der Waals surface area contributed by atoms with E-state index in [9.17, 15) is 26.4 Å². The van der Waals surface area contributed by atoms with E-state index in [0.717, 1.165) is 18.7 Å². The SMILES string of the molecule is C[C@H]1C[C@@H](CC(=O)CNS(C)(=O)=O)CN(c2ccc(C(F)(F)F)c3ncccc23)C1. The van der Waals surface area contributed by atoms with Gasteiger partial charge in [-0.1, -0.05) is 6.92 Å². The van der Waals surface area contributed by atoms with E-state index < -0.39 is 21.8 Å². The molecular formula is C20H24F3N3O3S. The highest BCUT2D eigenvalue weighted by molar-refractivity contribution is 7.88. The number of anilines is 1. The molecule has 6 nitrogen and oxygen atoms in total. The van der Waals surface area contributed by atoms with Crippen LogP contribution >= 0.6 is 0 Å². The Kier molecular flexibility index (Phi) is 6.37. The third-order valence-corrected chi connectivity index (χ3v) is 5.86. The predicted octanol–water partition coefficient (Wildman–Crippen LogP) is 3.22. The second-order valence-electron chi connectivity index (χ2n) is 7.98. The minimum atomic E-state index is -4.50. The van der Waals surface area contributed by atoms with Gasteiger partial charge < -0.3 is 4.90 Å². The van der Waals surface area contributed by atoms with E-state index in [1.807, 2.05) is 11.8 Å². The van der Waals surface area contributed by atoms with Crippen LogP contribution in [0.1, 0.15) is 25.3 Å². The van der Waals surface area contributed by atoms with Crippen LogP contribution in [0.3, 0.4) is 0 Å². The Morgan fingerprint density at radius 1 is 1.27 bits per heavy atom. The smallest absolute Gasteiger partial charge is 0.370 e. The molecule has 2 atom stereocenters. The number of aromatic nitrogens is 1. The number of fused-ring (bicyclic) bond motifs is 1. The van der Waals surface area contributed by atoms with E-state index in [1.54, 1.807) is 12.1 Å².